The minimum absolute atomic E-state index is 0.00795. The lowest BCUT2D eigenvalue weighted by molar-refractivity contribution is -0.150. The number of carbonyl (C=O) groups excluding carboxylic acids is 1. The van der Waals surface area contributed by atoms with E-state index in [-0.39, 0.29) is 12.3 Å². The van der Waals surface area contributed by atoms with E-state index in [1.54, 1.807) is 18.2 Å². The Morgan fingerprint density at radius 1 is 1.38 bits per heavy atom. The molecule has 1 aliphatic rings. The number of carboxylic acid groups (broad SMARTS) is 1. The molecule has 0 aromatic heterocycles. The number of hydrogen-bond donors (Lipinski definition) is 2. The topological polar surface area (TPSA) is 75.6 Å². The lowest BCUT2D eigenvalue weighted by Gasteiger charge is -2.22. The number of methoxy groups -OCH3 is 1. The van der Waals surface area contributed by atoms with Crippen LogP contribution in [-0.2, 0) is 9.59 Å². The molecule has 1 amide bonds. The molecule has 0 saturated heterocycles. The predicted molar refractivity (Wildman–Crippen MR) is 79.8 cm³/mol. The normalized spacial score (nSPS) is 16.5. The number of carbonyl (C=O) groups is 2. The first-order valence-corrected chi connectivity index (χ1v) is 7.21. The van der Waals surface area contributed by atoms with Crippen LogP contribution in [0.2, 0.25) is 5.02 Å². The maximum absolute atomic E-state index is 12.1. The summed E-state index contributed by atoms with van der Waals surface area (Å²) in [5.74, 6) is -0.670. The van der Waals surface area contributed by atoms with Crippen molar-refractivity contribution in [3.05, 3.63) is 23.2 Å². The van der Waals surface area contributed by atoms with Gasteiger partial charge in [0, 0.05) is 12.1 Å². The summed E-state index contributed by atoms with van der Waals surface area (Å²) >= 11 is 5.99. The lowest BCUT2D eigenvalue weighted by atomic mass is 9.82. The van der Waals surface area contributed by atoms with Crippen molar-refractivity contribution < 1.29 is 19.4 Å². The molecule has 0 unspecified atom stereocenters. The van der Waals surface area contributed by atoms with Crippen molar-refractivity contribution in [1.82, 2.24) is 0 Å². The van der Waals surface area contributed by atoms with Crippen molar-refractivity contribution in [2.45, 2.75) is 32.1 Å². The molecular weight excluding hydrogens is 294 g/mol. The van der Waals surface area contributed by atoms with Gasteiger partial charge in [0.05, 0.1) is 17.5 Å². The minimum atomic E-state index is -0.916. The third-order valence-corrected chi connectivity index (χ3v) is 4.24. The van der Waals surface area contributed by atoms with Gasteiger partial charge in [0.1, 0.15) is 5.75 Å². The van der Waals surface area contributed by atoms with E-state index in [4.69, 9.17) is 16.3 Å². The van der Waals surface area contributed by atoms with Crippen LogP contribution in [0.25, 0.3) is 0 Å². The molecule has 0 radical (unpaired) electrons. The lowest BCUT2D eigenvalue weighted by Crippen LogP contribution is -2.32. The molecule has 114 valence electrons. The van der Waals surface area contributed by atoms with E-state index >= 15 is 0 Å². The van der Waals surface area contributed by atoms with Crippen molar-refractivity contribution in [2.24, 2.45) is 5.41 Å². The fraction of sp³-hybridized carbons (Fsp3) is 0.467. The van der Waals surface area contributed by atoms with Crippen LogP contribution < -0.4 is 10.1 Å². The van der Waals surface area contributed by atoms with Crippen LogP contribution in [0.3, 0.4) is 0 Å². The summed E-state index contributed by atoms with van der Waals surface area (Å²) in [5, 5.41) is 12.5. The van der Waals surface area contributed by atoms with Gasteiger partial charge in [-0.05, 0) is 31.0 Å². The standard InChI is InChI=1S/C15H18ClNO4/c1-21-12-5-4-10(8-11(12)16)17-13(18)9-15(14(19)20)6-2-3-7-15/h4-5,8H,2-3,6-7,9H2,1H3,(H,17,18)(H,19,20). The molecule has 1 saturated carbocycles. The SMILES string of the molecule is COc1ccc(NC(=O)CC2(C(=O)O)CCCC2)cc1Cl. The molecule has 0 atom stereocenters. The zero-order valence-corrected chi connectivity index (χ0v) is 12.6. The molecule has 0 heterocycles. The van der Waals surface area contributed by atoms with E-state index in [1.807, 2.05) is 0 Å². The first kappa shape index (κ1) is 15.6. The number of carboxylic acids is 1. The van der Waals surface area contributed by atoms with E-state index in [9.17, 15) is 14.7 Å². The zero-order valence-electron chi connectivity index (χ0n) is 11.8. The van der Waals surface area contributed by atoms with Crippen molar-refractivity contribution >= 4 is 29.2 Å². The number of benzene rings is 1. The van der Waals surface area contributed by atoms with Crippen molar-refractivity contribution in [1.29, 1.82) is 0 Å². The molecule has 1 fully saturated rings. The van der Waals surface area contributed by atoms with Crippen LogP contribution in [0.4, 0.5) is 5.69 Å². The zero-order chi connectivity index (χ0) is 15.5. The number of hydrogen-bond acceptors (Lipinski definition) is 3. The molecule has 0 bridgehead atoms. The summed E-state index contributed by atoms with van der Waals surface area (Å²) < 4.78 is 5.04. The van der Waals surface area contributed by atoms with Crippen molar-refractivity contribution in [3.63, 3.8) is 0 Å². The van der Waals surface area contributed by atoms with Crippen LogP contribution in [0.15, 0.2) is 18.2 Å². The molecule has 21 heavy (non-hydrogen) atoms. The Labute approximate surface area is 128 Å². The highest BCUT2D eigenvalue weighted by Gasteiger charge is 2.42. The number of nitrogens with one attached hydrogen (secondary N) is 1. The van der Waals surface area contributed by atoms with Gasteiger partial charge in [-0.3, -0.25) is 9.59 Å². The number of ether oxygens (including phenoxy) is 1. The van der Waals surface area contributed by atoms with Crippen LogP contribution in [-0.4, -0.2) is 24.1 Å². The minimum Gasteiger partial charge on any atom is -0.495 e. The van der Waals surface area contributed by atoms with Crippen molar-refractivity contribution in [3.8, 4) is 5.75 Å². The molecule has 6 heteroatoms. The summed E-state index contributed by atoms with van der Waals surface area (Å²) in [7, 11) is 1.51. The highest BCUT2D eigenvalue weighted by Crippen LogP contribution is 2.41. The molecule has 0 aliphatic heterocycles. The van der Waals surface area contributed by atoms with Crippen LogP contribution in [0.5, 0.6) is 5.75 Å². The Kier molecular flexibility index (Phi) is 4.73. The maximum atomic E-state index is 12.1. The average molecular weight is 312 g/mol. The van der Waals surface area contributed by atoms with E-state index in [2.05, 4.69) is 5.32 Å². The molecule has 0 spiro atoms. The highest BCUT2D eigenvalue weighted by atomic mass is 35.5. The van der Waals surface area contributed by atoms with E-state index < -0.39 is 11.4 Å². The van der Waals surface area contributed by atoms with Crippen LogP contribution in [0.1, 0.15) is 32.1 Å². The number of rotatable bonds is 5. The summed E-state index contributed by atoms with van der Waals surface area (Å²) in [5.41, 5.74) is -0.385. The fourth-order valence-corrected chi connectivity index (χ4v) is 3.03. The van der Waals surface area contributed by atoms with Gasteiger partial charge >= 0.3 is 5.97 Å². The molecule has 1 aromatic carbocycles. The van der Waals surface area contributed by atoms with Gasteiger partial charge in [-0.15, -0.1) is 0 Å². The molecular formula is C15H18ClNO4. The van der Waals surface area contributed by atoms with Crippen LogP contribution >= 0.6 is 11.6 Å². The second kappa shape index (κ2) is 6.35. The predicted octanol–water partition coefficient (Wildman–Crippen LogP) is 3.32. The first-order valence-electron chi connectivity index (χ1n) is 6.84. The van der Waals surface area contributed by atoms with Gasteiger partial charge in [-0.2, -0.15) is 0 Å². The summed E-state index contributed by atoms with van der Waals surface area (Å²) in [6, 6.07) is 4.91. The number of aliphatic carboxylic acids is 1. The molecule has 1 aromatic rings. The number of amides is 1. The quantitative estimate of drug-likeness (QED) is 0.874. The summed E-state index contributed by atoms with van der Waals surface area (Å²) in [6.07, 6.45) is 2.81. The highest BCUT2D eigenvalue weighted by molar-refractivity contribution is 6.32. The van der Waals surface area contributed by atoms with E-state index in [0.717, 1.165) is 12.8 Å². The maximum Gasteiger partial charge on any atom is 0.310 e. The monoisotopic (exact) mass is 311 g/mol. The fourth-order valence-electron chi connectivity index (χ4n) is 2.77. The van der Waals surface area contributed by atoms with Gasteiger partial charge in [-0.25, -0.2) is 0 Å². The Bertz CT molecular complexity index is 553. The molecule has 5 nitrogen and oxygen atoms in total. The Balaban J connectivity index is 2.04. The number of halogens is 1. The first-order chi connectivity index (χ1) is 9.97. The van der Waals surface area contributed by atoms with Gasteiger partial charge in [0.15, 0.2) is 0 Å². The van der Waals surface area contributed by atoms with Crippen LogP contribution in [0, 0.1) is 5.41 Å². The smallest absolute Gasteiger partial charge is 0.310 e. The van der Waals surface area contributed by atoms with Gasteiger partial charge in [0.2, 0.25) is 5.91 Å². The summed E-state index contributed by atoms with van der Waals surface area (Å²) in [4.78, 5) is 23.5. The second-order valence-electron chi connectivity index (χ2n) is 5.37. The Morgan fingerprint density at radius 3 is 2.57 bits per heavy atom. The molecule has 1 aliphatic carbocycles. The molecule has 2 rings (SSSR count). The van der Waals surface area contributed by atoms with Gasteiger partial charge in [0.25, 0.3) is 0 Å². The van der Waals surface area contributed by atoms with Gasteiger partial charge < -0.3 is 15.2 Å². The molecule has 2 N–H and O–H groups in total. The largest absolute Gasteiger partial charge is 0.495 e. The summed E-state index contributed by atoms with van der Waals surface area (Å²) in [6.45, 7) is 0. The third-order valence-electron chi connectivity index (χ3n) is 3.95. The Hall–Kier alpha value is -1.75. The third kappa shape index (κ3) is 3.47. The van der Waals surface area contributed by atoms with Gasteiger partial charge in [-0.1, -0.05) is 24.4 Å². The van der Waals surface area contributed by atoms with Crippen molar-refractivity contribution in [2.75, 3.05) is 12.4 Å². The average Bonchev–Trinajstić information content (AvgIpc) is 2.88. The second-order valence-corrected chi connectivity index (χ2v) is 5.77. The number of anilines is 1. The van der Waals surface area contributed by atoms with E-state index in [0.29, 0.717) is 29.3 Å². The Morgan fingerprint density at radius 2 is 2.05 bits per heavy atom. The van der Waals surface area contributed by atoms with E-state index in [1.165, 1.54) is 7.11 Å².